The molecule has 0 radical (unpaired) electrons. The zero-order valence-corrected chi connectivity index (χ0v) is 12.5. The van der Waals surface area contributed by atoms with Gasteiger partial charge in [0.15, 0.2) is 0 Å². The smallest absolute Gasteiger partial charge is 0.0957 e. The van der Waals surface area contributed by atoms with Gasteiger partial charge in [-0.1, -0.05) is 24.8 Å². The second-order valence-electron chi connectivity index (χ2n) is 5.23. The maximum Gasteiger partial charge on any atom is 0.0957 e. The number of benzene rings is 1. The maximum atomic E-state index is 9.75. The van der Waals surface area contributed by atoms with Crippen LogP contribution >= 0.6 is 11.8 Å². The van der Waals surface area contributed by atoms with Crippen LogP contribution in [-0.4, -0.2) is 10.1 Å². The molecule has 1 atom stereocenters. The molecule has 1 aliphatic carbocycles. The first-order chi connectivity index (χ1) is 9.76. The maximum absolute atomic E-state index is 9.75. The van der Waals surface area contributed by atoms with E-state index in [1.54, 1.807) is 11.8 Å². The van der Waals surface area contributed by atoms with Crippen molar-refractivity contribution in [1.29, 1.82) is 0 Å². The Morgan fingerprint density at radius 2 is 1.95 bits per heavy atom. The molecule has 0 saturated heterocycles. The van der Waals surface area contributed by atoms with E-state index >= 15 is 0 Å². The Kier molecular flexibility index (Phi) is 4.08. The Morgan fingerprint density at radius 1 is 1.15 bits per heavy atom. The van der Waals surface area contributed by atoms with Crippen LogP contribution in [0.1, 0.15) is 42.7 Å². The molecule has 0 fully saturated rings. The van der Waals surface area contributed by atoms with E-state index in [-0.39, 0.29) is 0 Å². The molecular weight excluding hydrogens is 266 g/mol. The van der Waals surface area contributed by atoms with E-state index in [1.807, 2.05) is 25.3 Å². The quantitative estimate of drug-likeness (QED) is 0.915. The van der Waals surface area contributed by atoms with Crippen LogP contribution in [0, 0.1) is 0 Å². The predicted molar refractivity (Wildman–Crippen MR) is 82.1 cm³/mol. The number of nitrogens with zero attached hydrogens (tertiary/aromatic N) is 1. The number of aromatic nitrogens is 1. The highest BCUT2D eigenvalue weighted by molar-refractivity contribution is 7.99. The molecule has 1 aromatic carbocycles. The number of hydrogen-bond donors (Lipinski definition) is 1. The van der Waals surface area contributed by atoms with Crippen LogP contribution in [0.25, 0.3) is 0 Å². The lowest BCUT2D eigenvalue weighted by molar-refractivity contribution is 0.169. The third-order valence-electron chi connectivity index (χ3n) is 3.79. The van der Waals surface area contributed by atoms with Crippen molar-refractivity contribution in [3.63, 3.8) is 0 Å². The van der Waals surface area contributed by atoms with Crippen molar-refractivity contribution in [1.82, 2.24) is 4.98 Å². The molecule has 1 heterocycles. The van der Waals surface area contributed by atoms with Crippen LogP contribution in [0.15, 0.2) is 46.3 Å². The first-order valence-corrected chi connectivity index (χ1v) is 8.01. The standard InChI is InChI=1S/C17H19NOS/c1-2-17(19)16-9-8-15(11-18-16)20-14-7-6-12-4-3-5-13(12)10-14/h6-11,17,19H,2-5H2,1H3. The fraction of sp³-hybridized carbons (Fsp3) is 0.353. The van der Waals surface area contributed by atoms with Crippen LogP contribution in [0.3, 0.4) is 0 Å². The number of aliphatic hydroxyl groups excluding tert-OH is 1. The molecule has 1 aromatic heterocycles. The van der Waals surface area contributed by atoms with Crippen LogP contribution in [-0.2, 0) is 12.8 Å². The van der Waals surface area contributed by atoms with Gasteiger partial charge in [-0.2, -0.15) is 0 Å². The molecule has 1 N–H and O–H groups in total. The van der Waals surface area contributed by atoms with E-state index in [9.17, 15) is 5.11 Å². The Morgan fingerprint density at radius 3 is 2.70 bits per heavy atom. The number of hydrogen-bond acceptors (Lipinski definition) is 3. The molecule has 0 aliphatic heterocycles. The normalized spacial score (nSPS) is 15.1. The van der Waals surface area contributed by atoms with Crippen LogP contribution < -0.4 is 0 Å². The lowest BCUT2D eigenvalue weighted by Gasteiger charge is -2.08. The van der Waals surface area contributed by atoms with Gasteiger partial charge in [0.25, 0.3) is 0 Å². The molecule has 1 aliphatic rings. The van der Waals surface area contributed by atoms with Gasteiger partial charge in [0, 0.05) is 16.0 Å². The topological polar surface area (TPSA) is 33.1 Å². The lowest BCUT2D eigenvalue weighted by atomic mass is 10.1. The molecule has 104 valence electrons. The number of aliphatic hydroxyl groups is 1. The molecule has 0 saturated carbocycles. The average molecular weight is 285 g/mol. The van der Waals surface area contributed by atoms with Gasteiger partial charge in [0.05, 0.1) is 11.8 Å². The first kappa shape index (κ1) is 13.7. The molecular formula is C17H19NOS. The summed E-state index contributed by atoms with van der Waals surface area (Å²) in [5.41, 5.74) is 3.76. The number of fused-ring (bicyclic) bond motifs is 1. The van der Waals surface area contributed by atoms with Gasteiger partial charge in [0.1, 0.15) is 0 Å². The summed E-state index contributed by atoms with van der Waals surface area (Å²) in [7, 11) is 0. The van der Waals surface area contributed by atoms with Crippen molar-refractivity contribution in [3.05, 3.63) is 53.3 Å². The third-order valence-corrected chi connectivity index (χ3v) is 4.76. The van der Waals surface area contributed by atoms with Gasteiger partial charge in [0.2, 0.25) is 0 Å². The van der Waals surface area contributed by atoms with Crippen molar-refractivity contribution in [2.75, 3.05) is 0 Å². The second-order valence-corrected chi connectivity index (χ2v) is 6.38. The van der Waals surface area contributed by atoms with Crippen molar-refractivity contribution >= 4 is 11.8 Å². The first-order valence-electron chi connectivity index (χ1n) is 7.20. The monoisotopic (exact) mass is 285 g/mol. The van der Waals surface area contributed by atoms with E-state index in [1.165, 1.54) is 35.3 Å². The van der Waals surface area contributed by atoms with E-state index in [4.69, 9.17) is 0 Å². The summed E-state index contributed by atoms with van der Waals surface area (Å²) in [5.74, 6) is 0. The van der Waals surface area contributed by atoms with Gasteiger partial charge in [-0.25, -0.2) is 0 Å². The summed E-state index contributed by atoms with van der Waals surface area (Å²) in [6.07, 6.45) is 5.83. The highest BCUT2D eigenvalue weighted by Crippen LogP contribution is 2.32. The van der Waals surface area contributed by atoms with Crippen molar-refractivity contribution in [3.8, 4) is 0 Å². The molecule has 2 nitrogen and oxygen atoms in total. The summed E-state index contributed by atoms with van der Waals surface area (Å²) < 4.78 is 0. The minimum absolute atomic E-state index is 0.450. The largest absolute Gasteiger partial charge is 0.387 e. The van der Waals surface area contributed by atoms with Crippen molar-refractivity contribution in [2.45, 2.75) is 48.5 Å². The Balaban J connectivity index is 1.74. The van der Waals surface area contributed by atoms with Gasteiger partial charge in [-0.3, -0.25) is 4.98 Å². The number of aryl methyl sites for hydroxylation is 2. The van der Waals surface area contributed by atoms with Gasteiger partial charge < -0.3 is 5.11 Å². The van der Waals surface area contributed by atoms with E-state index < -0.39 is 6.10 Å². The van der Waals surface area contributed by atoms with Crippen LogP contribution in [0.4, 0.5) is 0 Å². The molecule has 20 heavy (non-hydrogen) atoms. The number of pyridine rings is 1. The SMILES string of the molecule is CCC(O)c1ccc(Sc2ccc3c(c2)CCC3)cn1. The molecule has 0 amide bonds. The third kappa shape index (κ3) is 2.89. The highest BCUT2D eigenvalue weighted by atomic mass is 32.2. The van der Waals surface area contributed by atoms with Gasteiger partial charge >= 0.3 is 0 Å². The Bertz CT molecular complexity index is 594. The van der Waals surface area contributed by atoms with E-state index in [0.29, 0.717) is 6.42 Å². The van der Waals surface area contributed by atoms with E-state index in [2.05, 4.69) is 23.2 Å². The summed E-state index contributed by atoms with van der Waals surface area (Å²) in [6.45, 7) is 1.96. The highest BCUT2D eigenvalue weighted by Gasteiger charge is 2.11. The fourth-order valence-corrected chi connectivity index (χ4v) is 3.46. The minimum atomic E-state index is -0.450. The van der Waals surface area contributed by atoms with Crippen LogP contribution in [0.2, 0.25) is 0 Å². The zero-order chi connectivity index (χ0) is 13.9. The molecule has 1 unspecified atom stereocenters. The van der Waals surface area contributed by atoms with Crippen molar-refractivity contribution in [2.24, 2.45) is 0 Å². The van der Waals surface area contributed by atoms with Gasteiger partial charge in [-0.15, -0.1) is 0 Å². The molecule has 0 spiro atoms. The minimum Gasteiger partial charge on any atom is -0.387 e. The molecule has 3 rings (SSSR count). The summed E-state index contributed by atoms with van der Waals surface area (Å²) in [4.78, 5) is 6.74. The fourth-order valence-electron chi connectivity index (χ4n) is 2.61. The predicted octanol–water partition coefficient (Wildman–Crippen LogP) is 4.16. The average Bonchev–Trinajstić information content (AvgIpc) is 2.95. The lowest BCUT2D eigenvalue weighted by Crippen LogP contribution is -1.97. The van der Waals surface area contributed by atoms with Crippen LogP contribution in [0.5, 0.6) is 0 Å². The van der Waals surface area contributed by atoms with Gasteiger partial charge in [-0.05, 0) is 61.1 Å². The Labute approximate surface area is 124 Å². The Hall–Kier alpha value is -1.32. The molecule has 3 heteroatoms. The van der Waals surface area contributed by atoms with Crippen molar-refractivity contribution < 1.29 is 5.11 Å². The summed E-state index contributed by atoms with van der Waals surface area (Å²) >= 11 is 1.74. The summed E-state index contributed by atoms with van der Waals surface area (Å²) in [6, 6.07) is 10.7. The summed E-state index contributed by atoms with van der Waals surface area (Å²) in [5, 5.41) is 9.75. The van der Waals surface area contributed by atoms with E-state index in [0.717, 1.165) is 10.6 Å². The number of rotatable bonds is 4. The molecule has 0 bridgehead atoms. The molecule has 2 aromatic rings. The second kappa shape index (κ2) is 5.98. The zero-order valence-electron chi connectivity index (χ0n) is 11.7.